The lowest BCUT2D eigenvalue weighted by molar-refractivity contribution is 0.325. The maximum Gasteiger partial charge on any atom is 0.0981 e. The Balaban J connectivity index is 3.47. The van der Waals surface area contributed by atoms with E-state index in [1.54, 1.807) is 0 Å². The largest absolute Gasteiger partial charge is 0.288 e. The lowest BCUT2D eigenvalue weighted by Crippen LogP contribution is -2.22. The molecule has 0 N–H and O–H groups in total. The molecule has 0 spiro atoms. The van der Waals surface area contributed by atoms with Crippen molar-refractivity contribution >= 4 is 6.21 Å². The van der Waals surface area contributed by atoms with Gasteiger partial charge in [0.25, 0.3) is 0 Å². The third kappa shape index (κ3) is 2.75. The third-order valence-corrected chi connectivity index (χ3v) is 1.11. The minimum atomic E-state index is 0.319. The molecule has 0 amide bonds. The Bertz CT molecular complexity index is 76.6. The van der Waals surface area contributed by atoms with Crippen LogP contribution in [0.5, 0.6) is 0 Å². The number of rotatable bonds is 2. The normalized spacial score (nSPS) is 15.6. The highest BCUT2D eigenvalue weighted by Gasteiger charge is 1.96. The standard InChI is InChI=1S/C6H14N2/c1-5-7-6(2)8(3)4/h5-6H,1-4H3/b7-5-. The maximum atomic E-state index is 4.12. The van der Waals surface area contributed by atoms with E-state index in [4.69, 9.17) is 0 Å². The van der Waals surface area contributed by atoms with Crippen LogP contribution >= 0.6 is 0 Å². The van der Waals surface area contributed by atoms with Crippen molar-refractivity contribution in [2.24, 2.45) is 4.99 Å². The van der Waals surface area contributed by atoms with Crippen LogP contribution < -0.4 is 0 Å². The van der Waals surface area contributed by atoms with Gasteiger partial charge in [0, 0.05) is 0 Å². The van der Waals surface area contributed by atoms with E-state index in [0.717, 1.165) is 0 Å². The highest BCUT2D eigenvalue weighted by Crippen LogP contribution is 1.89. The molecular formula is C6H14N2. The van der Waals surface area contributed by atoms with Gasteiger partial charge in [-0.05, 0) is 34.2 Å². The smallest absolute Gasteiger partial charge is 0.0981 e. The van der Waals surface area contributed by atoms with E-state index in [2.05, 4.69) is 16.8 Å². The molecule has 2 heteroatoms. The Morgan fingerprint density at radius 1 is 1.50 bits per heavy atom. The van der Waals surface area contributed by atoms with E-state index in [9.17, 15) is 0 Å². The van der Waals surface area contributed by atoms with Gasteiger partial charge in [-0.15, -0.1) is 0 Å². The predicted octanol–water partition coefficient (Wildman–Crippen LogP) is 0.985. The molecule has 0 radical (unpaired) electrons. The summed E-state index contributed by atoms with van der Waals surface area (Å²) in [6, 6.07) is 0. The van der Waals surface area contributed by atoms with Crippen LogP contribution in [0.2, 0.25) is 0 Å². The molecule has 2 nitrogen and oxygen atoms in total. The molecule has 1 atom stereocenters. The zero-order valence-corrected chi connectivity index (χ0v) is 6.05. The summed E-state index contributed by atoms with van der Waals surface area (Å²) in [5.74, 6) is 0. The molecule has 8 heavy (non-hydrogen) atoms. The van der Waals surface area contributed by atoms with Crippen LogP contribution in [0.3, 0.4) is 0 Å². The van der Waals surface area contributed by atoms with E-state index in [1.165, 1.54) is 0 Å². The summed E-state index contributed by atoms with van der Waals surface area (Å²) in [6.07, 6.45) is 2.14. The second-order valence-corrected chi connectivity index (χ2v) is 2.00. The van der Waals surface area contributed by atoms with Gasteiger partial charge in [-0.3, -0.25) is 9.89 Å². The fraction of sp³-hybridized carbons (Fsp3) is 0.833. The second-order valence-electron chi connectivity index (χ2n) is 2.00. The number of hydrogen-bond acceptors (Lipinski definition) is 2. The Kier molecular flexibility index (Phi) is 3.44. The average Bonchev–Trinajstić information content (AvgIpc) is 1.67. The number of hydrogen-bond donors (Lipinski definition) is 0. The van der Waals surface area contributed by atoms with Gasteiger partial charge in [-0.1, -0.05) is 0 Å². The highest BCUT2D eigenvalue weighted by atomic mass is 15.2. The quantitative estimate of drug-likeness (QED) is 0.489. The molecule has 0 aliphatic rings. The van der Waals surface area contributed by atoms with Crippen LogP contribution in [0.1, 0.15) is 13.8 Å². The molecule has 1 unspecified atom stereocenters. The topological polar surface area (TPSA) is 15.6 Å². The Morgan fingerprint density at radius 2 is 2.00 bits per heavy atom. The summed E-state index contributed by atoms with van der Waals surface area (Å²) in [5, 5.41) is 0. The molecule has 0 bridgehead atoms. The van der Waals surface area contributed by atoms with Crippen molar-refractivity contribution in [3.8, 4) is 0 Å². The molecule has 0 rings (SSSR count). The van der Waals surface area contributed by atoms with E-state index in [1.807, 2.05) is 27.2 Å². The van der Waals surface area contributed by atoms with Crippen LogP contribution in [-0.2, 0) is 0 Å². The van der Waals surface area contributed by atoms with Crippen molar-refractivity contribution in [1.82, 2.24) is 4.90 Å². The first kappa shape index (κ1) is 7.63. The zero-order chi connectivity index (χ0) is 6.57. The van der Waals surface area contributed by atoms with Crippen molar-refractivity contribution < 1.29 is 0 Å². The minimum Gasteiger partial charge on any atom is -0.288 e. The van der Waals surface area contributed by atoms with Crippen molar-refractivity contribution in [2.45, 2.75) is 20.0 Å². The van der Waals surface area contributed by atoms with Crippen LogP contribution in [0.25, 0.3) is 0 Å². The van der Waals surface area contributed by atoms with Gasteiger partial charge < -0.3 is 0 Å². The van der Waals surface area contributed by atoms with Gasteiger partial charge in [0.15, 0.2) is 0 Å². The van der Waals surface area contributed by atoms with Crippen LogP contribution in [0.4, 0.5) is 0 Å². The maximum absolute atomic E-state index is 4.12. The van der Waals surface area contributed by atoms with E-state index >= 15 is 0 Å². The first-order valence-corrected chi connectivity index (χ1v) is 2.82. The van der Waals surface area contributed by atoms with Gasteiger partial charge in [0.2, 0.25) is 0 Å². The van der Waals surface area contributed by atoms with Gasteiger partial charge >= 0.3 is 0 Å². The predicted molar refractivity (Wildman–Crippen MR) is 37.3 cm³/mol. The molecule has 0 heterocycles. The van der Waals surface area contributed by atoms with Crippen LogP contribution in [0.15, 0.2) is 4.99 Å². The third-order valence-electron chi connectivity index (χ3n) is 1.11. The minimum absolute atomic E-state index is 0.319. The second kappa shape index (κ2) is 3.61. The molecule has 48 valence electrons. The van der Waals surface area contributed by atoms with Gasteiger partial charge in [0.05, 0.1) is 6.17 Å². The summed E-state index contributed by atoms with van der Waals surface area (Å²) in [4.78, 5) is 6.18. The van der Waals surface area contributed by atoms with E-state index in [0.29, 0.717) is 6.17 Å². The molecule has 0 aromatic heterocycles. The fourth-order valence-electron chi connectivity index (χ4n) is 0.349. The van der Waals surface area contributed by atoms with Gasteiger partial charge in [-0.25, -0.2) is 0 Å². The lowest BCUT2D eigenvalue weighted by atomic mass is 10.5. The molecule has 0 aliphatic carbocycles. The number of aliphatic imine (C=N–C) groups is 1. The molecule has 0 aromatic rings. The van der Waals surface area contributed by atoms with Gasteiger partial charge in [-0.2, -0.15) is 0 Å². The van der Waals surface area contributed by atoms with Crippen molar-refractivity contribution in [3.63, 3.8) is 0 Å². The van der Waals surface area contributed by atoms with Crippen LogP contribution in [0, 0.1) is 0 Å². The summed E-state index contributed by atoms with van der Waals surface area (Å²) < 4.78 is 0. The van der Waals surface area contributed by atoms with Gasteiger partial charge in [0.1, 0.15) is 0 Å². The van der Waals surface area contributed by atoms with Crippen molar-refractivity contribution in [3.05, 3.63) is 0 Å². The van der Waals surface area contributed by atoms with Crippen LogP contribution in [-0.4, -0.2) is 31.4 Å². The fourth-order valence-corrected chi connectivity index (χ4v) is 0.349. The van der Waals surface area contributed by atoms with Crippen molar-refractivity contribution in [2.75, 3.05) is 14.1 Å². The molecule has 0 saturated heterocycles. The Labute approximate surface area is 51.2 Å². The Hall–Kier alpha value is -0.370. The first-order valence-electron chi connectivity index (χ1n) is 2.82. The summed E-state index contributed by atoms with van der Waals surface area (Å²) >= 11 is 0. The highest BCUT2D eigenvalue weighted by molar-refractivity contribution is 5.53. The molecule has 0 saturated carbocycles. The average molecular weight is 114 g/mol. The van der Waals surface area contributed by atoms with E-state index in [-0.39, 0.29) is 0 Å². The van der Waals surface area contributed by atoms with E-state index < -0.39 is 0 Å². The lowest BCUT2D eigenvalue weighted by Gasteiger charge is -2.13. The summed E-state index contributed by atoms with van der Waals surface area (Å²) in [6.45, 7) is 3.99. The first-order chi connectivity index (χ1) is 3.68. The monoisotopic (exact) mass is 114 g/mol. The molecule has 0 aliphatic heterocycles. The molecular weight excluding hydrogens is 100 g/mol. The molecule has 0 aromatic carbocycles. The van der Waals surface area contributed by atoms with Crippen molar-refractivity contribution in [1.29, 1.82) is 0 Å². The zero-order valence-electron chi connectivity index (χ0n) is 6.05. The summed E-state index contributed by atoms with van der Waals surface area (Å²) in [5.41, 5.74) is 0. The Morgan fingerprint density at radius 3 is 2.12 bits per heavy atom. The SMILES string of the molecule is C/C=N\C(C)N(C)C. The summed E-state index contributed by atoms with van der Waals surface area (Å²) in [7, 11) is 4.02. The number of nitrogens with zero attached hydrogens (tertiary/aromatic N) is 2. The molecule has 0 fully saturated rings.